The third-order valence-electron chi connectivity index (χ3n) is 2.83. The molecule has 3 N–H and O–H groups in total. The SMILES string of the molecule is CC(C)(C)CC(=O)NCC(=O)NCc1ccc(C(=O)O)cc1. The molecule has 2 amide bonds. The molecule has 0 bridgehead atoms. The second-order valence-corrected chi connectivity index (χ2v) is 6.29. The van der Waals surface area contributed by atoms with Crippen molar-refractivity contribution < 1.29 is 19.5 Å². The quantitative estimate of drug-likeness (QED) is 0.743. The number of carboxylic acids is 1. The highest BCUT2D eigenvalue weighted by atomic mass is 16.4. The minimum Gasteiger partial charge on any atom is -0.478 e. The van der Waals surface area contributed by atoms with E-state index in [2.05, 4.69) is 10.6 Å². The number of hydrogen-bond donors (Lipinski definition) is 3. The molecule has 0 aliphatic heterocycles. The van der Waals surface area contributed by atoms with Crippen molar-refractivity contribution in [3.63, 3.8) is 0 Å². The van der Waals surface area contributed by atoms with E-state index in [0.717, 1.165) is 5.56 Å². The summed E-state index contributed by atoms with van der Waals surface area (Å²) in [5, 5.41) is 14.0. The summed E-state index contributed by atoms with van der Waals surface area (Å²) in [6.45, 7) is 6.07. The van der Waals surface area contributed by atoms with Crippen molar-refractivity contribution in [2.75, 3.05) is 6.54 Å². The molecule has 1 aromatic carbocycles. The zero-order chi connectivity index (χ0) is 16.8. The maximum absolute atomic E-state index is 11.6. The molecule has 6 nitrogen and oxygen atoms in total. The maximum atomic E-state index is 11.6. The number of hydrogen-bond acceptors (Lipinski definition) is 3. The predicted octanol–water partition coefficient (Wildman–Crippen LogP) is 1.55. The third kappa shape index (κ3) is 6.88. The van der Waals surface area contributed by atoms with Gasteiger partial charge in [-0.15, -0.1) is 0 Å². The molecule has 0 aliphatic carbocycles. The van der Waals surface area contributed by atoms with Crippen LogP contribution in [0.4, 0.5) is 0 Å². The molecule has 120 valence electrons. The molecular formula is C16H22N2O4. The molecule has 0 radical (unpaired) electrons. The highest BCUT2D eigenvalue weighted by Crippen LogP contribution is 2.17. The lowest BCUT2D eigenvalue weighted by Crippen LogP contribution is -2.37. The first-order valence-electron chi connectivity index (χ1n) is 7.03. The van der Waals surface area contributed by atoms with Crippen LogP contribution >= 0.6 is 0 Å². The highest BCUT2D eigenvalue weighted by Gasteiger charge is 2.16. The Kier molecular flexibility index (Phi) is 6.10. The maximum Gasteiger partial charge on any atom is 0.335 e. The lowest BCUT2D eigenvalue weighted by molar-refractivity contribution is -0.127. The van der Waals surface area contributed by atoms with Crippen molar-refractivity contribution in [1.82, 2.24) is 10.6 Å². The van der Waals surface area contributed by atoms with Crippen LogP contribution in [-0.4, -0.2) is 29.4 Å². The van der Waals surface area contributed by atoms with Gasteiger partial charge < -0.3 is 15.7 Å². The van der Waals surface area contributed by atoms with E-state index in [4.69, 9.17) is 5.11 Å². The van der Waals surface area contributed by atoms with Gasteiger partial charge in [-0.3, -0.25) is 9.59 Å². The van der Waals surface area contributed by atoms with Crippen LogP contribution in [-0.2, 0) is 16.1 Å². The standard InChI is InChI=1S/C16H22N2O4/c1-16(2,3)8-13(19)18-10-14(20)17-9-11-4-6-12(7-5-11)15(21)22/h4-7H,8-10H2,1-3H3,(H,17,20)(H,18,19)(H,21,22). The van der Waals surface area contributed by atoms with E-state index in [1.54, 1.807) is 12.1 Å². The monoisotopic (exact) mass is 306 g/mol. The number of benzene rings is 1. The van der Waals surface area contributed by atoms with Crippen LogP contribution in [0, 0.1) is 5.41 Å². The second kappa shape index (κ2) is 7.59. The smallest absolute Gasteiger partial charge is 0.335 e. The zero-order valence-electron chi connectivity index (χ0n) is 13.1. The molecule has 0 atom stereocenters. The molecule has 6 heteroatoms. The van der Waals surface area contributed by atoms with Crippen LogP contribution in [0.25, 0.3) is 0 Å². The van der Waals surface area contributed by atoms with Crippen molar-refractivity contribution >= 4 is 17.8 Å². The van der Waals surface area contributed by atoms with E-state index in [1.807, 2.05) is 20.8 Å². The van der Waals surface area contributed by atoms with Crippen LogP contribution in [0.5, 0.6) is 0 Å². The Hall–Kier alpha value is -2.37. The topological polar surface area (TPSA) is 95.5 Å². The first kappa shape index (κ1) is 17.7. The first-order chi connectivity index (χ1) is 10.2. The Morgan fingerprint density at radius 1 is 1.00 bits per heavy atom. The molecule has 0 spiro atoms. The van der Waals surface area contributed by atoms with Gasteiger partial charge in [-0.1, -0.05) is 32.9 Å². The third-order valence-corrected chi connectivity index (χ3v) is 2.83. The Morgan fingerprint density at radius 2 is 1.59 bits per heavy atom. The Balaban J connectivity index is 2.34. The first-order valence-corrected chi connectivity index (χ1v) is 7.03. The van der Waals surface area contributed by atoms with Crippen molar-refractivity contribution in [3.8, 4) is 0 Å². The van der Waals surface area contributed by atoms with Crippen molar-refractivity contribution in [2.45, 2.75) is 33.7 Å². The summed E-state index contributed by atoms with van der Waals surface area (Å²) in [6.07, 6.45) is 0.358. The molecule has 0 aliphatic rings. The molecule has 0 saturated carbocycles. The van der Waals surface area contributed by atoms with Crippen molar-refractivity contribution in [3.05, 3.63) is 35.4 Å². The van der Waals surface area contributed by atoms with Gasteiger partial charge in [-0.05, 0) is 23.1 Å². The summed E-state index contributed by atoms with van der Waals surface area (Å²) in [7, 11) is 0. The molecule has 0 aromatic heterocycles. The van der Waals surface area contributed by atoms with Crippen LogP contribution in [0.2, 0.25) is 0 Å². The zero-order valence-corrected chi connectivity index (χ0v) is 13.1. The van der Waals surface area contributed by atoms with Crippen LogP contribution in [0.1, 0.15) is 43.1 Å². The molecule has 1 rings (SSSR count). The average Bonchev–Trinajstić information content (AvgIpc) is 2.41. The average molecular weight is 306 g/mol. The van der Waals surface area contributed by atoms with Gasteiger partial charge in [-0.2, -0.15) is 0 Å². The number of carbonyl (C=O) groups is 3. The van der Waals surface area contributed by atoms with Crippen molar-refractivity contribution in [2.24, 2.45) is 5.41 Å². The number of rotatable bonds is 6. The molecule has 1 aromatic rings. The molecular weight excluding hydrogens is 284 g/mol. The van der Waals surface area contributed by atoms with Gasteiger partial charge in [0.1, 0.15) is 0 Å². The van der Waals surface area contributed by atoms with Crippen LogP contribution in [0.15, 0.2) is 24.3 Å². The minimum absolute atomic E-state index is 0.0673. The fourth-order valence-corrected chi connectivity index (χ4v) is 1.75. The minimum atomic E-state index is -0.989. The molecule has 0 unspecified atom stereocenters. The van der Waals surface area contributed by atoms with Gasteiger partial charge in [0.05, 0.1) is 12.1 Å². The lowest BCUT2D eigenvalue weighted by Gasteiger charge is -2.17. The highest BCUT2D eigenvalue weighted by molar-refractivity contribution is 5.87. The largest absolute Gasteiger partial charge is 0.478 e. The molecule has 0 heterocycles. The molecule has 0 saturated heterocycles. The van der Waals surface area contributed by atoms with Gasteiger partial charge >= 0.3 is 5.97 Å². The van der Waals surface area contributed by atoms with Gasteiger partial charge in [0, 0.05) is 13.0 Å². The summed E-state index contributed by atoms with van der Waals surface area (Å²) in [5.74, 6) is -1.44. The Bertz CT molecular complexity index is 544. The van der Waals surface area contributed by atoms with E-state index >= 15 is 0 Å². The van der Waals surface area contributed by atoms with E-state index < -0.39 is 5.97 Å². The van der Waals surface area contributed by atoms with Gasteiger partial charge in [0.15, 0.2) is 0 Å². The Morgan fingerprint density at radius 3 is 2.09 bits per heavy atom. The van der Waals surface area contributed by atoms with E-state index in [-0.39, 0.29) is 35.9 Å². The van der Waals surface area contributed by atoms with Crippen LogP contribution < -0.4 is 10.6 Å². The normalized spacial score (nSPS) is 10.9. The lowest BCUT2D eigenvalue weighted by atomic mass is 9.92. The molecule has 0 fully saturated rings. The fraction of sp³-hybridized carbons (Fsp3) is 0.438. The van der Waals surface area contributed by atoms with E-state index in [9.17, 15) is 14.4 Å². The van der Waals surface area contributed by atoms with Gasteiger partial charge in [0.2, 0.25) is 11.8 Å². The fourth-order valence-electron chi connectivity index (χ4n) is 1.75. The summed E-state index contributed by atoms with van der Waals surface area (Å²) in [4.78, 5) is 33.9. The number of aromatic carboxylic acids is 1. The summed E-state index contributed by atoms with van der Waals surface area (Å²) in [6, 6.07) is 6.24. The number of carbonyl (C=O) groups excluding carboxylic acids is 2. The van der Waals surface area contributed by atoms with Crippen molar-refractivity contribution in [1.29, 1.82) is 0 Å². The predicted molar refractivity (Wildman–Crippen MR) is 82.3 cm³/mol. The number of amides is 2. The second-order valence-electron chi connectivity index (χ2n) is 6.29. The number of carboxylic acid groups (broad SMARTS) is 1. The summed E-state index contributed by atoms with van der Waals surface area (Å²) in [5.41, 5.74) is 0.871. The van der Waals surface area contributed by atoms with E-state index in [1.165, 1.54) is 12.1 Å². The molecule has 22 heavy (non-hydrogen) atoms. The van der Waals surface area contributed by atoms with Gasteiger partial charge in [0.25, 0.3) is 0 Å². The van der Waals surface area contributed by atoms with E-state index in [0.29, 0.717) is 6.42 Å². The Labute approximate surface area is 129 Å². The summed E-state index contributed by atoms with van der Waals surface area (Å²) >= 11 is 0. The van der Waals surface area contributed by atoms with Gasteiger partial charge in [-0.25, -0.2) is 4.79 Å². The van der Waals surface area contributed by atoms with Crippen LogP contribution in [0.3, 0.4) is 0 Å². The number of nitrogens with one attached hydrogen (secondary N) is 2. The summed E-state index contributed by atoms with van der Waals surface area (Å²) < 4.78 is 0.